The fourth-order valence-corrected chi connectivity index (χ4v) is 1.69. The number of phenolic OH excluding ortho intramolecular Hbond substituents is 1. The Labute approximate surface area is 110 Å². The summed E-state index contributed by atoms with van der Waals surface area (Å²) in [5.41, 5.74) is 1.47. The van der Waals surface area contributed by atoms with Crippen molar-refractivity contribution in [2.45, 2.75) is 0 Å². The second kappa shape index (κ2) is 5.31. The molecular formula is C10H8N4O4S. The van der Waals surface area contributed by atoms with E-state index in [9.17, 15) is 14.7 Å². The third-order valence-corrected chi connectivity index (χ3v) is 2.68. The molecule has 0 spiro atoms. The second-order valence-corrected chi connectivity index (χ2v) is 4.19. The lowest BCUT2D eigenvalue weighted by atomic mass is 10.2. The third-order valence-electron chi connectivity index (χ3n) is 2.07. The van der Waals surface area contributed by atoms with Crippen LogP contribution in [0.5, 0.6) is 5.75 Å². The largest absolute Gasteiger partial charge is 0.506 e. The second-order valence-electron chi connectivity index (χ2n) is 3.36. The monoisotopic (exact) mass is 280 g/mol. The summed E-state index contributed by atoms with van der Waals surface area (Å²) in [6.07, 6.45) is 0. The van der Waals surface area contributed by atoms with Crippen molar-refractivity contribution in [3.63, 3.8) is 0 Å². The number of benzene rings is 1. The van der Waals surface area contributed by atoms with E-state index in [1.165, 1.54) is 17.6 Å². The van der Waals surface area contributed by atoms with E-state index in [1.807, 2.05) is 0 Å². The van der Waals surface area contributed by atoms with Crippen LogP contribution in [0.4, 0.5) is 15.6 Å². The predicted octanol–water partition coefficient (Wildman–Crippen LogP) is 1.59. The van der Waals surface area contributed by atoms with Crippen LogP contribution in [0.15, 0.2) is 23.7 Å². The molecule has 0 fully saturated rings. The number of nitrogens with zero attached hydrogens (tertiary/aromatic N) is 2. The van der Waals surface area contributed by atoms with E-state index in [0.717, 1.165) is 17.4 Å². The highest BCUT2D eigenvalue weighted by atomic mass is 32.1. The van der Waals surface area contributed by atoms with Gasteiger partial charge in [-0.05, 0) is 18.2 Å². The van der Waals surface area contributed by atoms with Crippen LogP contribution in [0.2, 0.25) is 0 Å². The number of rotatable bonds is 3. The van der Waals surface area contributed by atoms with Gasteiger partial charge in [-0.1, -0.05) is 11.3 Å². The molecule has 0 saturated carbocycles. The molecule has 2 amide bonds. The topological polar surface area (TPSA) is 124 Å². The van der Waals surface area contributed by atoms with Crippen LogP contribution >= 0.6 is 11.3 Å². The van der Waals surface area contributed by atoms with Crippen molar-refractivity contribution in [1.82, 2.24) is 10.2 Å². The van der Waals surface area contributed by atoms with Crippen molar-refractivity contribution >= 4 is 34.2 Å². The molecule has 1 heterocycles. The average molecular weight is 280 g/mol. The third kappa shape index (κ3) is 3.16. The van der Waals surface area contributed by atoms with E-state index in [2.05, 4.69) is 20.8 Å². The highest BCUT2D eigenvalue weighted by Gasteiger charge is 2.10. The SMILES string of the molecule is O=C(Nc1nncs1)Nc1ccc(C(=O)O)cc1O. The Morgan fingerprint density at radius 3 is 2.63 bits per heavy atom. The molecular weight excluding hydrogens is 272 g/mol. The van der Waals surface area contributed by atoms with Gasteiger partial charge >= 0.3 is 12.0 Å². The molecule has 0 atom stereocenters. The van der Waals surface area contributed by atoms with E-state index in [0.29, 0.717) is 5.13 Å². The number of hydrogen-bond acceptors (Lipinski definition) is 6. The lowest BCUT2D eigenvalue weighted by molar-refractivity contribution is 0.0696. The molecule has 0 aliphatic heterocycles. The van der Waals surface area contributed by atoms with Gasteiger partial charge in [0.25, 0.3) is 0 Å². The number of aromatic nitrogens is 2. The van der Waals surface area contributed by atoms with Crippen molar-refractivity contribution < 1.29 is 19.8 Å². The number of hydrogen-bond donors (Lipinski definition) is 4. The zero-order valence-corrected chi connectivity index (χ0v) is 10.1. The Morgan fingerprint density at radius 2 is 2.05 bits per heavy atom. The summed E-state index contributed by atoms with van der Waals surface area (Å²) >= 11 is 1.14. The number of amides is 2. The number of carboxylic acid groups (broad SMARTS) is 1. The van der Waals surface area contributed by atoms with Crippen LogP contribution in [0, 0.1) is 0 Å². The van der Waals surface area contributed by atoms with Gasteiger partial charge in [-0.15, -0.1) is 10.2 Å². The van der Waals surface area contributed by atoms with Crippen LogP contribution in [0.1, 0.15) is 10.4 Å². The Hall–Kier alpha value is -2.68. The van der Waals surface area contributed by atoms with Gasteiger partial charge in [-0.3, -0.25) is 5.32 Å². The molecule has 0 aliphatic carbocycles. The van der Waals surface area contributed by atoms with Crippen LogP contribution < -0.4 is 10.6 Å². The van der Waals surface area contributed by atoms with Gasteiger partial charge in [0.2, 0.25) is 5.13 Å². The fraction of sp³-hybridized carbons (Fsp3) is 0. The molecule has 2 aromatic rings. The minimum absolute atomic E-state index is 0.0763. The number of anilines is 2. The number of carbonyl (C=O) groups is 2. The maximum atomic E-state index is 11.5. The number of aromatic hydroxyl groups is 1. The number of aromatic carboxylic acids is 1. The maximum absolute atomic E-state index is 11.5. The zero-order chi connectivity index (χ0) is 13.8. The summed E-state index contributed by atoms with van der Waals surface area (Å²) < 4.78 is 0. The lowest BCUT2D eigenvalue weighted by Gasteiger charge is -2.07. The normalized spacial score (nSPS) is 9.89. The standard InChI is InChI=1S/C10H8N4O4S/c15-7-3-5(8(16)17)1-2-6(7)12-9(18)13-10-14-11-4-19-10/h1-4,15H,(H,16,17)(H2,12,13,14,18). The molecule has 8 nitrogen and oxygen atoms in total. The predicted molar refractivity (Wildman–Crippen MR) is 67.6 cm³/mol. The Balaban J connectivity index is 2.07. The van der Waals surface area contributed by atoms with Gasteiger partial charge in [0, 0.05) is 0 Å². The van der Waals surface area contributed by atoms with Gasteiger partial charge in [0.15, 0.2) is 0 Å². The maximum Gasteiger partial charge on any atom is 0.335 e. The minimum Gasteiger partial charge on any atom is -0.506 e. The minimum atomic E-state index is -1.17. The first-order valence-electron chi connectivity index (χ1n) is 4.97. The summed E-state index contributed by atoms with van der Waals surface area (Å²) in [6, 6.07) is 2.99. The number of urea groups is 1. The number of carboxylic acids is 1. The quantitative estimate of drug-likeness (QED) is 0.633. The molecule has 0 unspecified atom stereocenters. The molecule has 1 aromatic heterocycles. The fourth-order valence-electron chi connectivity index (χ4n) is 1.25. The first kappa shape index (κ1) is 12.8. The molecule has 0 aliphatic rings. The van der Waals surface area contributed by atoms with Gasteiger partial charge in [-0.25, -0.2) is 9.59 Å². The van der Waals surface area contributed by atoms with Crippen LogP contribution in [0.25, 0.3) is 0 Å². The number of nitrogens with one attached hydrogen (secondary N) is 2. The highest BCUT2D eigenvalue weighted by Crippen LogP contribution is 2.24. The Kier molecular flexibility index (Phi) is 3.57. The summed E-state index contributed by atoms with van der Waals surface area (Å²) in [4.78, 5) is 22.2. The number of phenols is 1. The van der Waals surface area contributed by atoms with Crippen LogP contribution in [-0.2, 0) is 0 Å². The van der Waals surface area contributed by atoms with E-state index in [4.69, 9.17) is 5.11 Å². The van der Waals surface area contributed by atoms with Gasteiger partial charge in [-0.2, -0.15) is 0 Å². The molecule has 19 heavy (non-hydrogen) atoms. The van der Waals surface area contributed by atoms with Gasteiger partial charge < -0.3 is 15.5 Å². The summed E-state index contributed by atoms with van der Waals surface area (Å²) in [5, 5.41) is 30.5. The van der Waals surface area contributed by atoms with E-state index in [-0.39, 0.29) is 17.0 Å². The zero-order valence-electron chi connectivity index (χ0n) is 9.32. The first-order chi connectivity index (χ1) is 9.06. The Morgan fingerprint density at radius 1 is 1.26 bits per heavy atom. The number of carbonyl (C=O) groups excluding carboxylic acids is 1. The summed E-state index contributed by atoms with van der Waals surface area (Å²) in [7, 11) is 0. The lowest BCUT2D eigenvalue weighted by Crippen LogP contribution is -2.19. The van der Waals surface area contributed by atoms with Crippen molar-refractivity contribution in [1.29, 1.82) is 0 Å². The molecule has 1 aromatic carbocycles. The highest BCUT2D eigenvalue weighted by molar-refractivity contribution is 7.13. The smallest absolute Gasteiger partial charge is 0.335 e. The van der Waals surface area contributed by atoms with Crippen LogP contribution in [0.3, 0.4) is 0 Å². The van der Waals surface area contributed by atoms with Crippen molar-refractivity contribution in [3.05, 3.63) is 29.3 Å². The molecule has 0 radical (unpaired) electrons. The summed E-state index contributed by atoms with van der Waals surface area (Å²) in [6.45, 7) is 0. The molecule has 9 heteroatoms. The van der Waals surface area contributed by atoms with E-state index < -0.39 is 12.0 Å². The van der Waals surface area contributed by atoms with Crippen molar-refractivity contribution in [2.75, 3.05) is 10.6 Å². The summed E-state index contributed by atoms with van der Waals surface area (Å²) in [5.74, 6) is -1.51. The molecule has 0 bridgehead atoms. The molecule has 98 valence electrons. The Bertz CT molecular complexity index is 614. The first-order valence-corrected chi connectivity index (χ1v) is 5.84. The van der Waals surface area contributed by atoms with Crippen LogP contribution in [-0.4, -0.2) is 32.4 Å². The molecule has 2 rings (SSSR count). The van der Waals surface area contributed by atoms with Crippen molar-refractivity contribution in [2.24, 2.45) is 0 Å². The van der Waals surface area contributed by atoms with Crippen molar-refractivity contribution in [3.8, 4) is 5.75 Å². The molecule has 0 saturated heterocycles. The average Bonchev–Trinajstić information content (AvgIpc) is 2.84. The van der Waals surface area contributed by atoms with Gasteiger partial charge in [0.05, 0.1) is 11.3 Å². The van der Waals surface area contributed by atoms with E-state index >= 15 is 0 Å². The molecule has 4 N–H and O–H groups in total. The van der Waals surface area contributed by atoms with Gasteiger partial charge in [0.1, 0.15) is 11.3 Å². The van der Waals surface area contributed by atoms with E-state index in [1.54, 1.807) is 0 Å².